The first-order chi connectivity index (χ1) is 9.47. The number of pyridine rings is 1. The van der Waals surface area contributed by atoms with Gasteiger partial charge in [0.15, 0.2) is 3.95 Å². The number of aromatic amines is 1. The number of para-hydroxylation sites is 1. The summed E-state index contributed by atoms with van der Waals surface area (Å²) in [5.41, 5.74) is 1.29. The van der Waals surface area contributed by atoms with Crippen molar-refractivity contribution in [1.82, 2.24) is 9.97 Å². The molecule has 0 bridgehead atoms. The summed E-state index contributed by atoms with van der Waals surface area (Å²) in [7, 11) is 0. The molecule has 0 radical (unpaired) electrons. The van der Waals surface area contributed by atoms with Gasteiger partial charge in [0.1, 0.15) is 0 Å². The van der Waals surface area contributed by atoms with Crippen molar-refractivity contribution in [2.24, 2.45) is 0 Å². The maximum Gasteiger partial charge on any atom is 0.158 e. The zero-order chi connectivity index (χ0) is 14.6. The number of H-pyrrole nitrogens is 1. The van der Waals surface area contributed by atoms with Crippen LogP contribution in [0.5, 0.6) is 0 Å². The number of fused-ring (bicyclic) bond motifs is 1. The van der Waals surface area contributed by atoms with Gasteiger partial charge in [0, 0.05) is 22.7 Å². The van der Waals surface area contributed by atoms with Crippen LogP contribution in [0.25, 0.3) is 10.9 Å². The van der Waals surface area contributed by atoms with Crippen LogP contribution in [0.1, 0.15) is 25.6 Å². The van der Waals surface area contributed by atoms with Crippen LogP contribution in [-0.4, -0.2) is 9.97 Å². The van der Waals surface area contributed by atoms with Gasteiger partial charge in [-0.2, -0.15) is 0 Å². The van der Waals surface area contributed by atoms with Crippen LogP contribution in [0.3, 0.4) is 0 Å². The summed E-state index contributed by atoms with van der Waals surface area (Å²) in [5, 5.41) is 1.20. The van der Waals surface area contributed by atoms with Crippen molar-refractivity contribution in [2.45, 2.75) is 26.2 Å². The van der Waals surface area contributed by atoms with E-state index in [0.717, 1.165) is 9.47 Å². The zero-order valence-electron chi connectivity index (χ0n) is 11.9. The average molecular weight is 302 g/mol. The molecule has 0 saturated carbocycles. The second-order valence-corrected chi connectivity index (χ2v) is 7.21. The van der Waals surface area contributed by atoms with Crippen LogP contribution in [0.2, 0.25) is 0 Å². The predicted octanol–water partition coefficient (Wildman–Crippen LogP) is 5.34. The molecule has 20 heavy (non-hydrogen) atoms. The number of nitrogens with zero attached hydrogens (tertiary/aromatic N) is 1. The van der Waals surface area contributed by atoms with Crippen LogP contribution in [0.15, 0.2) is 48.8 Å². The summed E-state index contributed by atoms with van der Waals surface area (Å²) in [5.74, 6) is 0. The fourth-order valence-corrected chi connectivity index (χ4v) is 2.74. The van der Waals surface area contributed by atoms with Crippen molar-refractivity contribution in [3.8, 4) is 0 Å². The lowest BCUT2D eigenvalue weighted by Crippen LogP contribution is -2.07. The van der Waals surface area contributed by atoms with Crippen LogP contribution in [0, 0.1) is 3.95 Å². The third-order valence-electron chi connectivity index (χ3n) is 2.78. The number of rotatable bonds is 0. The Hall–Kier alpha value is -1.52. The van der Waals surface area contributed by atoms with Gasteiger partial charge in [0.25, 0.3) is 0 Å². The minimum Gasteiger partial charge on any atom is -0.343 e. The molecule has 1 aromatic carbocycles. The van der Waals surface area contributed by atoms with E-state index in [9.17, 15) is 0 Å². The van der Waals surface area contributed by atoms with E-state index in [-0.39, 0.29) is 5.41 Å². The van der Waals surface area contributed by atoms with Gasteiger partial charge in [-0.3, -0.25) is 4.98 Å². The molecule has 3 rings (SSSR count). The van der Waals surface area contributed by atoms with Gasteiger partial charge in [0.2, 0.25) is 0 Å². The van der Waals surface area contributed by atoms with Gasteiger partial charge < -0.3 is 4.98 Å². The maximum atomic E-state index is 4.96. The summed E-state index contributed by atoms with van der Waals surface area (Å²) in [6, 6.07) is 12.1. The first-order valence-corrected chi connectivity index (χ1v) is 7.68. The van der Waals surface area contributed by atoms with Gasteiger partial charge in [-0.05, 0) is 29.8 Å². The van der Waals surface area contributed by atoms with E-state index in [4.69, 9.17) is 12.2 Å². The maximum absolute atomic E-state index is 4.96. The predicted molar refractivity (Wildman–Crippen MR) is 89.9 cm³/mol. The van der Waals surface area contributed by atoms with Gasteiger partial charge >= 0.3 is 0 Å². The molecule has 0 saturated heterocycles. The van der Waals surface area contributed by atoms with Crippen molar-refractivity contribution in [3.63, 3.8) is 0 Å². The Morgan fingerprint density at radius 1 is 1.10 bits per heavy atom. The number of benzene rings is 1. The van der Waals surface area contributed by atoms with Crippen LogP contribution in [0.4, 0.5) is 0 Å². The molecule has 2 heterocycles. The lowest BCUT2D eigenvalue weighted by Gasteiger charge is -2.14. The van der Waals surface area contributed by atoms with Gasteiger partial charge in [-0.15, -0.1) is 11.3 Å². The summed E-state index contributed by atoms with van der Waals surface area (Å²) < 4.78 is 0.866. The Labute approximate surface area is 128 Å². The van der Waals surface area contributed by atoms with Gasteiger partial charge in [-0.25, -0.2) is 0 Å². The standard InChI is InChI=1S/C9H7N.C7H11NS2/c1-2-6-9-8(4-1)5-3-7-10-9;1-7(2,3)5-4-8-6(9)10-5/h1-7H;4H,1-3H3,(H,8,9). The van der Waals surface area contributed by atoms with Crippen molar-refractivity contribution < 1.29 is 0 Å². The van der Waals surface area contributed by atoms with E-state index in [2.05, 4.69) is 42.9 Å². The van der Waals surface area contributed by atoms with E-state index in [1.807, 2.05) is 36.7 Å². The smallest absolute Gasteiger partial charge is 0.158 e. The highest BCUT2D eigenvalue weighted by Crippen LogP contribution is 2.25. The van der Waals surface area contributed by atoms with E-state index in [1.54, 1.807) is 11.3 Å². The molecule has 0 aliphatic rings. The lowest BCUT2D eigenvalue weighted by molar-refractivity contribution is 0.602. The number of hydrogen-bond donors (Lipinski definition) is 1. The van der Waals surface area contributed by atoms with Crippen LogP contribution < -0.4 is 0 Å². The SMILES string of the molecule is CC(C)(C)c1c[nH]c(=S)s1.c1ccc2ncccc2c1. The molecule has 2 nitrogen and oxygen atoms in total. The third-order valence-corrected chi connectivity index (χ3v) is 4.40. The number of hydrogen-bond acceptors (Lipinski definition) is 3. The molecule has 0 aliphatic heterocycles. The van der Waals surface area contributed by atoms with Crippen LogP contribution >= 0.6 is 23.6 Å². The third kappa shape index (κ3) is 3.99. The summed E-state index contributed by atoms with van der Waals surface area (Å²) >= 11 is 6.62. The van der Waals surface area contributed by atoms with Crippen LogP contribution in [-0.2, 0) is 5.41 Å². The minimum absolute atomic E-state index is 0.234. The molecule has 0 fully saturated rings. The fourth-order valence-electron chi connectivity index (χ4n) is 1.67. The molecular weight excluding hydrogens is 284 g/mol. The lowest BCUT2D eigenvalue weighted by atomic mass is 9.96. The molecule has 104 valence electrons. The summed E-state index contributed by atoms with van der Waals surface area (Å²) in [6.45, 7) is 6.55. The Morgan fingerprint density at radius 3 is 2.35 bits per heavy atom. The second-order valence-electron chi connectivity index (χ2n) is 5.49. The minimum atomic E-state index is 0.234. The molecule has 0 spiro atoms. The molecule has 1 N–H and O–H groups in total. The molecule has 0 unspecified atom stereocenters. The monoisotopic (exact) mass is 302 g/mol. The van der Waals surface area contributed by atoms with Crippen molar-refractivity contribution in [3.05, 3.63) is 57.6 Å². The Bertz CT molecular complexity index is 670. The summed E-state index contributed by atoms with van der Waals surface area (Å²) in [4.78, 5) is 8.51. The quantitative estimate of drug-likeness (QED) is 0.568. The molecule has 2 aromatic heterocycles. The Kier molecular flexibility index (Phi) is 4.68. The highest BCUT2D eigenvalue weighted by atomic mass is 32.1. The van der Waals surface area contributed by atoms with E-state index in [0.29, 0.717) is 0 Å². The number of thiazole rings is 1. The molecule has 4 heteroatoms. The zero-order valence-corrected chi connectivity index (χ0v) is 13.5. The molecular formula is C16H18N2S2. The molecule has 0 amide bonds. The van der Waals surface area contributed by atoms with Gasteiger partial charge in [0.05, 0.1) is 5.52 Å². The average Bonchev–Trinajstić information content (AvgIpc) is 2.86. The normalized spacial score (nSPS) is 10.9. The van der Waals surface area contributed by atoms with Gasteiger partial charge in [-0.1, -0.05) is 45.0 Å². The Balaban J connectivity index is 0.000000147. The Morgan fingerprint density at radius 2 is 1.80 bits per heavy atom. The highest BCUT2D eigenvalue weighted by Gasteiger charge is 2.14. The van der Waals surface area contributed by atoms with Crippen molar-refractivity contribution in [1.29, 1.82) is 0 Å². The van der Waals surface area contributed by atoms with E-state index in [1.165, 1.54) is 10.3 Å². The van der Waals surface area contributed by atoms with E-state index >= 15 is 0 Å². The molecule has 0 aliphatic carbocycles. The second kappa shape index (κ2) is 6.29. The first kappa shape index (κ1) is 14.9. The number of nitrogens with one attached hydrogen (secondary N) is 1. The highest BCUT2D eigenvalue weighted by molar-refractivity contribution is 7.73. The van der Waals surface area contributed by atoms with Crippen molar-refractivity contribution >= 4 is 34.5 Å². The van der Waals surface area contributed by atoms with Crippen molar-refractivity contribution in [2.75, 3.05) is 0 Å². The fraction of sp³-hybridized carbons (Fsp3) is 0.250. The molecule has 0 atom stereocenters. The number of aromatic nitrogens is 2. The molecule has 3 aromatic rings. The largest absolute Gasteiger partial charge is 0.343 e. The summed E-state index contributed by atoms with van der Waals surface area (Å²) in [6.07, 6.45) is 3.80. The van der Waals surface area contributed by atoms with E-state index < -0.39 is 0 Å². The first-order valence-electron chi connectivity index (χ1n) is 6.45. The topological polar surface area (TPSA) is 28.7 Å².